The molecule has 0 aliphatic rings. The molecule has 2 aromatic carbocycles. The monoisotopic (exact) mass is 436 g/mol. The second kappa shape index (κ2) is 9.54. The Labute approximate surface area is 167 Å². The number of ether oxygens (including phenoxy) is 2. The molecular formula is C19H21BrN2O3S. The molecule has 7 heteroatoms. The van der Waals surface area contributed by atoms with Gasteiger partial charge in [-0.2, -0.15) is 0 Å². The van der Waals surface area contributed by atoms with Gasteiger partial charge in [-0.1, -0.05) is 19.9 Å². The smallest absolute Gasteiger partial charge is 0.257 e. The Balaban J connectivity index is 1.98. The first kappa shape index (κ1) is 20.2. The van der Waals surface area contributed by atoms with Crippen LogP contribution in [-0.4, -0.2) is 24.7 Å². The SMILES string of the molecule is COc1cccc(NC(=S)NC(=O)c2ccc(OCC(C)C)c(Br)c2)c1. The Morgan fingerprint density at radius 1 is 1.23 bits per heavy atom. The van der Waals surface area contributed by atoms with Gasteiger partial charge in [0, 0.05) is 17.3 Å². The van der Waals surface area contributed by atoms with Crippen LogP contribution < -0.4 is 20.1 Å². The van der Waals surface area contributed by atoms with E-state index in [4.69, 9.17) is 21.7 Å². The predicted molar refractivity (Wildman–Crippen MR) is 111 cm³/mol. The summed E-state index contributed by atoms with van der Waals surface area (Å²) in [6.45, 7) is 4.76. The molecule has 26 heavy (non-hydrogen) atoms. The number of anilines is 1. The number of benzene rings is 2. The van der Waals surface area contributed by atoms with Crippen LogP contribution in [-0.2, 0) is 0 Å². The van der Waals surface area contributed by atoms with Crippen molar-refractivity contribution in [3.8, 4) is 11.5 Å². The number of rotatable bonds is 6. The average Bonchev–Trinajstić information content (AvgIpc) is 2.60. The number of thiocarbonyl (C=S) groups is 1. The fraction of sp³-hybridized carbons (Fsp3) is 0.263. The molecule has 0 radical (unpaired) electrons. The first-order chi connectivity index (χ1) is 12.4. The molecule has 2 aromatic rings. The van der Waals surface area contributed by atoms with Crippen LogP contribution in [0.4, 0.5) is 5.69 Å². The molecule has 2 N–H and O–H groups in total. The van der Waals surface area contributed by atoms with Gasteiger partial charge >= 0.3 is 0 Å². The van der Waals surface area contributed by atoms with Crippen LogP contribution in [0.2, 0.25) is 0 Å². The minimum Gasteiger partial charge on any atom is -0.497 e. The van der Waals surface area contributed by atoms with Crippen LogP contribution in [0.1, 0.15) is 24.2 Å². The summed E-state index contributed by atoms with van der Waals surface area (Å²) in [5.74, 6) is 1.52. The second-order valence-corrected chi connectivity index (χ2v) is 7.25. The van der Waals surface area contributed by atoms with Crippen LogP contribution in [0.15, 0.2) is 46.9 Å². The second-order valence-electron chi connectivity index (χ2n) is 5.99. The Kier molecular flexibility index (Phi) is 7.41. The van der Waals surface area contributed by atoms with Crippen molar-refractivity contribution in [3.05, 3.63) is 52.5 Å². The van der Waals surface area contributed by atoms with Crippen molar-refractivity contribution in [2.24, 2.45) is 5.92 Å². The Morgan fingerprint density at radius 3 is 2.65 bits per heavy atom. The van der Waals surface area contributed by atoms with E-state index in [1.807, 2.05) is 18.2 Å². The molecule has 0 atom stereocenters. The van der Waals surface area contributed by atoms with Crippen molar-refractivity contribution >= 4 is 44.9 Å². The van der Waals surface area contributed by atoms with Gasteiger partial charge in [0.25, 0.3) is 5.91 Å². The summed E-state index contributed by atoms with van der Waals surface area (Å²) in [7, 11) is 1.59. The summed E-state index contributed by atoms with van der Waals surface area (Å²) in [5, 5.41) is 5.83. The normalized spacial score (nSPS) is 10.3. The fourth-order valence-electron chi connectivity index (χ4n) is 2.05. The van der Waals surface area contributed by atoms with Crippen molar-refractivity contribution in [3.63, 3.8) is 0 Å². The number of hydrogen-bond acceptors (Lipinski definition) is 4. The number of hydrogen-bond donors (Lipinski definition) is 2. The zero-order valence-electron chi connectivity index (χ0n) is 14.8. The first-order valence-corrected chi connectivity index (χ1v) is 9.28. The third-order valence-electron chi connectivity index (χ3n) is 3.32. The molecule has 0 aliphatic carbocycles. The number of methoxy groups -OCH3 is 1. The number of nitrogens with one attached hydrogen (secondary N) is 2. The summed E-state index contributed by atoms with van der Waals surface area (Å²) in [5.41, 5.74) is 1.21. The Bertz CT molecular complexity index is 796. The van der Waals surface area contributed by atoms with Crippen molar-refractivity contribution in [1.82, 2.24) is 5.32 Å². The van der Waals surface area contributed by atoms with Crippen LogP contribution in [0.5, 0.6) is 11.5 Å². The molecular weight excluding hydrogens is 416 g/mol. The molecule has 0 unspecified atom stereocenters. The fourth-order valence-corrected chi connectivity index (χ4v) is 2.76. The van der Waals surface area contributed by atoms with E-state index in [2.05, 4.69) is 40.4 Å². The van der Waals surface area contributed by atoms with Crippen molar-refractivity contribution in [2.45, 2.75) is 13.8 Å². The maximum Gasteiger partial charge on any atom is 0.257 e. The zero-order valence-corrected chi connectivity index (χ0v) is 17.2. The number of halogens is 1. The lowest BCUT2D eigenvalue weighted by Crippen LogP contribution is -2.34. The molecule has 0 spiro atoms. The van der Waals surface area contributed by atoms with E-state index in [0.29, 0.717) is 29.6 Å². The quantitative estimate of drug-likeness (QED) is 0.646. The molecule has 0 saturated carbocycles. The molecule has 138 valence electrons. The van der Waals surface area contributed by atoms with E-state index in [1.54, 1.807) is 31.4 Å². The average molecular weight is 437 g/mol. The van der Waals surface area contributed by atoms with Gasteiger partial charge in [0.05, 0.1) is 18.2 Å². The van der Waals surface area contributed by atoms with Gasteiger partial charge in [0.15, 0.2) is 5.11 Å². The molecule has 0 aromatic heterocycles. The van der Waals surface area contributed by atoms with Gasteiger partial charge in [0.2, 0.25) is 0 Å². The minimum atomic E-state index is -0.304. The van der Waals surface area contributed by atoms with Crippen LogP contribution in [0, 0.1) is 5.92 Å². The lowest BCUT2D eigenvalue weighted by molar-refractivity contribution is 0.0977. The topological polar surface area (TPSA) is 59.6 Å². The van der Waals surface area contributed by atoms with Gasteiger partial charge in [-0.3, -0.25) is 10.1 Å². The lowest BCUT2D eigenvalue weighted by atomic mass is 10.2. The molecule has 0 fully saturated rings. The van der Waals surface area contributed by atoms with Crippen molar-refractivity contribution in [1.29, 1.82) is 0 Å². The van der Waals surface area contributed by atoms with Gasteiger partial charge in [-0.25, -0.2) is 0 Å². The van der Waals surface area contributed by atoms with Gasteiger partial charge in [-0.05, 0) is 64.4 Å². The third kappa shape index (κ3) is 6.00. The highest BCUT2D eigenvalue weighted by Crippen LogP contribution is 2.26. The molecule has 0 heterocycles. The highest BCUT2D eigenvalue weighted by molar-refractivity contribution is 9.10. The summed E-state index contributed by atoms with van der Waals surface area (Å²) < 4.78 is 11.6. The van der Waals surface area contributed by atoms with E-state index in [1.165, 1.54) is 0 Å². The molecule has 0 aliphatic heterocycles. The highest BCUT2D eigenvalue weighted by atomic mass is 79.9. The zero-order chi connectivity index (χ0) is 19.1. The van der Waals surface area contributed by atoms with Crippen molar-refractivity contribution < 1.29 is 14.3 Å². The molecule has 5 nitrogen and oxygen atoms in total. The van der Waals surface area contributed by atoms with Crippen molar-refractivity contribution in [2.75, 3.05) is 19.0 Å². The predicted octanol–water partition coefficient (Wildman–Crippen LogP) is 4.62. The van der Waals surface area contributed by atoms with Crippen LogP contribution >= 0.6 is 28.1 Å². The largest absolute Gasteiger partial charge is 0.497 e. The summed E-state index contributed by atoms with van der Waals surface area (Å²) >= 11 is 8.63. The molecule has 0 saturated heterocycles. The summed E-state index contributed by atoms with van der Waals surface area (Å²) in [4.78, 5) is 12.4. The lowest BCUT2D eigenvalue weighted by Gasteiger charge is -2.13. The number of carbonyl (C=O) groups is 1. The first-order valence-electron chi connectivity index (χ1n) is 8.07. The van der Waals surface area contributed by atoms with E-state index in [-0.39, 0.29) is 11.0 Å². The number of amides is 1. The van der Waals surface area contributed by atoms with Gasteiger partial charge < -0.3 is 14.8 Å². The standard InChI is InChI=1S/C19H21BrN2O3S/c1-12(2)11-25-17-8-7-13(9-16(17)20)18(23)22-19(26)21-14-5-4-6-15(10-14)24-3/h4-10,12H,11H2,1-3H3,(H2,21,22,23,26). The Morgan fingerprint density at radius 2 is 2.00 bits per heavy atom. The number of carbonyl (C=O) groups excluding carboxylic acids is 1. The van der Waals surface area contributed by atoms with E-state index < -0.39 is 0 Å². The molecule has 1 amide bonds. The van der Waals surface area contributed by atoms with Crippen LogP contribution in [0.25, 0.3) is 0 Å². The van der Waals surface area contributed by atoms with E-state index in [9.17, 15) is 4.79 Å². The summed E-state index contributed by atoms with van der Waals surface area (Å²) in [6, 6.07) is 12.4. The van der Waals surface area contributed by atoms with Gasteiger partial charge in [0.1, 0.15) is 11.5 Å². The maximum absolute atomic E-state index is 12.4. The summed E-state index contributed by atoms with van der Waals surface area (Å²) in [6.07, 6.45) is 0. The Hall–Kier alpha value is -2.12. The van der Waals surface area contributed by atoms with E-state index in [0.717, 1.165) is 10.2 Å². The minimum absolute atomic E-state index is 0.208. The van der Waals surface area contributed by atoms with Crippen LogP contribution in [0.3, 0.4) is 0 Å². The highest BCUT2D eigenvalue weighted by Gasteiger charge is 2.11. The van der Waals surface area contributed by atoms with E-state index >= 15 is 0 Å². The molecule has 0 bridgehead atoms. The molecule has 2 rings (SSSR count). The van der Waals surface area contributed by atoms with Gasteiger partial charge in [-0.15, -0.1) is 0 Å². The third-order valence-corrected chi connectivity index (χ3v) is 4.14. The maximum atomic E-state index is 12.4.